The summed E-state index contributed by atoms with van der Waals surface area (Å²) >= 11 is 17.9. The summed E-state index contributed by atoms with van der Waals surface area (Å²) in [5.41, 5.74) is 7.21. The quantitative estimate of drug-likeness (QED) is 0.676. The topological polar surface area (TPSA) is 82.6 Å². The summed E-state index contributed by atoms with van der Waals surface area (Å²) < 4.78 is 0. The van der Waals surface area contributed by atoms with E-state index in [-0.39, 0.29) is 24.8 Å². The van der Waals surface area contributed by atoms with Gasteiger partial charge in [-0.25, -0.2) is 0 Å². The highest BCUT2D eigenvalue weighted by atomic mass is 35.5. The molecular weight excluding hydrogens is 399 g/mol. The molecule has 0 unspecified atom stereocenters. The van der Waals surface area contributed by atoms with E-state index in [0.29, 0.717) is 32.2 Å². The third-order valence-corrected chi connectivity index (χ3v) is 4.66. The number of carbonyl (C=O) groups is 2. The third-order valence-electron chi connectivity index (χ3n) is 3.58. The van der Waals surface area contributed by atoms with Gasteiger partial charge in [0, 0.05) is 16.3 Å². The van der Waals surface area contributed by atoms with Gasteiger partial charge in [-0.2, -0.15) is 0 Å². The fraction of sp³-hybridized carbons (Fsp3) is 0.118. The van der Waals surface area contributed by atoms with E-state index in [1.807, 2.05) is 0 Å². The molecule has 1 aliphatic heterocycles. The van der Waals surface area contributed by atoms with Crippen LogP contribution in [0.5, 0.6) is 0 Å². The van der Waals surface area contributed by atoms with Crippen molar-refractivity contribution in [1.29, 1.82) is 0 Å². The van der Waals surface area contributed by atoms with Gasteiger partial charge in [-0.05, 0) is 42.0 Å². The zero-order valence-corrected chi connectivity index (χ0v) is 15.5. The van der Waals surface area contributed by atoms with E-state index in [2.05, 4.69) is 21.2 Å². The molecule has 0 saturated carbocycles. The number of anilines is 1. The highest BCUT2D eigenvalue weighted by Crippen LogP contribution is 2.29. The van der Waals surface area contributed by atoms with Crippen LogP contribution in [-0.2, 0) is 16.0 Å². The normalized spacial score (nSPS) is 13.5. The van der Waals surface area contributed by atoms with Crippen LogP contribution in [0.4, 0.5) is 5.69 Å². The molecule has 0 spiro atoms. The first-order chi connectivity index (χ1) is 12.4. The predicted octanol–water partition coefficient (Wildman–Crippen LogP) is 3.21. The first-order valence-electron chi connectivity index (χ1n) is 7.55. The Labute approximate surface area is 164 Å². The molecule has 0 aliphatic carbocycles. The Morgan fingerprint density at radius 2 is 1.73 bits per heavy atom. The predicted molar refractivity (Wildman–Crippen MR) is 103 cm³/mol. The monoisotopic (exact) mass is 410 g/mol. The van der Waals surface area contributed by atoms with Gasteiger partial charge >= 0.3 is 0 Å². The van der Waals surface area contributed by atoms with Crippen molar-refractivity contribution in [3.05, 3.63) is 62.6 Å². The van der Waals surface area contributed by atoms with Gasteiger partial charge < -0.3 is 5.32 Å². The maximum atomic E-state index is 12.2. The first kappa shape index (κ1) is 18.5. The second-order valence-corrected chi connectivity index (χ2v) is 6.72. The highest BCUT2D eigenvalue weighted by molar-refractivity contribution is 6.43. The van der Waals surface area contributed by atoms with Gasteiger partial charge in [0.15, 0.2) is 0 Å². The second-order valence-electron chi connectivity index (χ2n) is 5.50. The lowest BCUT2D eigenvalue weighted by Crippen LogP contribution is -2.47. The molecule has 2 aromatic rings. The maximum Gasteiger partial charge on any atom is 0.260 e. The molecule has 3 rings (SSSR count). The summed E-state index contributed by atoms with van der Waals surface area (Å²) in [7, 11) is 0. The molecule has 0 radical (unpaired) electrons. The summed E-state index contributed by atoms with van der Waals surface area (Å²) in [5, 5.41) is 3.85. The minimum absolute atomic E-state index is 0.0672. The minimum atomic E-state index is -0.238. The van der Waals surface area contributed by atoms with Crippen molar-refractivity contribution in [1.82, 2.24) is 10.9 Å². The van der Waals surface area contributed by atoms with Crippen molar-refractivity contribution in [2.24, 2.45) is 4.99 Å². The Morgan fingerprint density at radius 1 is 1.04 bits per heavy atom. The number of amidine groups is 1. The van der Waals surface area contributed by atoms with E-state index in [0.717, 1.165) is 5.56 Å². The van der Waals surface area contributed by atoms with Gasteiger partial charge in [-0.15, -0.1) is 0 Å². The van der Waals surface area contributed by atoms with E-state index >= 15 is 0 Å². The largest absolute Gasteiger partial charge is 0.326 e. The fourth-order valence-corrected chi connectivity index (χ4v) is 2.95. The fourth-order valence-electron chi connectivity index (χ4n) is 2.31. The van der Waals surface area contributed by atoms with Crippen molar-refractivity contribution in [3.8, 4) is 0 Å². The Kier molecular flexibility index (Phi) is 5.66. The number of hydrogen-bond acceptors (Lipinski definition) is 4. The first-order valence-corrected chi connectivity index (χ1v) is 8.69. The lowest BCUT2D eigenvalue weighted by atomic mass is 10.1. The number of amides is 2. The smallest absolute Gasteiger partial charge is 0.260 e. The lowest BCUT2D eigenvalue weighted by molar-refractivity contribution is -0.120. The van der Waals surface area contributed by atoms with Crippen LogP contribution in [0.1, 0.15) is 11.1 Å². The van der Waals surface area contributed by atoms with Gasteiger partial charge in [-0.1, -0.05) is 34.8 Å². The number of hydrogen-bond donors (Lipinski definition) is 3. The summed E-state index contributed by atoms with van der Waals surface area (Å²) in [6.07, 6.45) is 0.0672. The van der Waals surface area contributed by atoms with E-state index in [9.17, 15) is 9.59 Å². The van der Waals surface area contributed by atoms with Crippen molar-refractivity contribution >= 4 is 58.1 Å². The molecule has 134 valence electrons. The number of hydrazine groups is 1. The molecule has 0 atom stereocenters. The van der Waals surface area contributed by atoms with Crippen molar-refractivity contribution in [2.45, 2.75) is 6.42 Å². The molecule has 2 aromatic carbocycles. The zero-order valence-electron chi connectivity index (χ0n) is 13.3. The molecule has 1 aliphatic rings. The molecule has 6 nitrogen and oxygen atoms in total. The average molecular weight is 412 g/mol. The minimum Gasteiger partial charge on any atom is -0.326 e. The Bertz CT molecular complexity index is 898. The van der Waals surface area contributed by atoms with Crippen molar-refractivity contribution < 1.29 is 9.59 Å². The lowest BCUT2D eigenvalue weighted by Gasteiger charge is -2.15. The van der Waals surface area contributed by atoms with Crippen LogP contribution in [0, 0.1) is 0 Å². The van der Waals surface area contributed by atoms with Crippen LogP contribution in [0.25, 0.3) is 0 Å². The second kappa shape index (κ2) is 7.95. The van der Waals surface area contributed by atoms with Crippen LogP contribution in [0.2, 0.25) is 15.1 Å². The van der Waals surface area contributed by atoms with E-state index in [4.69, 9.17) is 34.8 Å². The van der Waals surface area contributed by atoms with Crippen LogP contribution in [0.3, 0.4) is 0 Å². The number of benzene rings is 2. The highest BCUT2D eigenvalue weighted by Gasteiger charge is 2.13. The molecule has 1 heterocycles. The maximum absolute atomic E-state index is 12.2. The molecular formula is C17H13Cl3N4O2. The summed E-state index contributed by atoms with van der Waals surface area (Å²) in [6, 6.07) is 10.1. The van der Waals surface area contributed by atoms with Gasteiger partial charge in [0.25, 0.3) is 5.91 Å². The molecule has 0 saturated heterocycles. The van der Waals surface area contributed by atoms with Crippen LogP contribution < -0.4 is 16.2 Å². The molecule has 0 bridgehead atoms. The van der Waals surface area contributed by atoms with Crippen LogP contribution in [0.15, 0.2) is 41.4 Å². The van der Waals surface area contributed by atoms with Crippen molar-refractivity contribution in [3.63, 3.8) is 0 Å². The average Bonchev–Trinajstić information content (AvgIpc) is 2.61. The molecule has 2 amide bonds. The summed E-state index contributed by atoms with van der Waals surface area (Å²) in [6.45, 7) is 0.0746. The Morgan fingerprint density at radius 3 is 2.38 bits per heavy atom. The van der Waals surface area contributed by atoms with E-state index in [1.54, 1.807) is 30.3 Å². The molecule has 3 N–H and O–H groups in total. The number of nitrogens with zero attached hydrogens (tertiary/aromatic N) is 1. The van der Waals surface area contributed by atoms with Gasteiger partial charge in [0.05, 0.1) is 16.5 Å². The van der Waals surface area contributed by atoms with Gasteiger partial charge in [0.2, 0.25) is 5.91 Å². The van der Waals surface area contributed by atoms with E-state index < -0.39 is 0 Å². The number of halogens is 3. The number of nitrogens with one attached hydrogen (secondary N) is 3. The molecule has 0 aromatic heterocycles. The number of aliphatic imine (C=N–C) groups is 1. The van der Waals surface area contributed by atoms with E-state index in [1.165, 1.54) is 6.07 Å². The van der Waals surface area contributed by atoms with Crippen molar-refractivity contribution in [2.75, 3.05) is 11.9 Å². The Balaban J connectivity index is 1.65. The van der Waals surface area contributed by atoms with Crippen LogP contribution in [-0.4, -0.2) is 24.2 Å². The number of carbonyl (C=O) groups excluding carboxylic acids is 2. The SMILES string of the molecule is O=C1CN=C(c2ccc(NC(=O)Cc3cc(Cl)c(Cl)cc3Cl)cc2)NN1. The molecule has 0 fully saturated rings. The van der Waals surface area contributed by atoms with Gasteiger partial charge in [-0.3, -0.25) is 25.4 Å². The van der Waals surface area contributed by atoms with Crippen LogP contribution >= 0.6 is 34.8 Å². The zero-order chi connectivity index (χ0) is 18.7. The Hall–Kier alpha value is -2.28. The molecule has 26 heavy (non-hydrogen) atoms. The van der Waals surface area contributed by atoms with Gasteiger partial charge in [0.1, 0.15) is 12.4 Å². The third kappa shape index (κ3) is 4.46. The standard InChI is InChI=1S/C17H13Cl3N4O2/c18-12-7-14(20)13(19)5-10(12)6-15(25)22-11-3-1-9(2-4-11)17-21-8-16(26)23-24-17/h1-5,7H,6,8H2,(H,21,24)(H,22,25)(H,23,26). The number of rotatable bonds is 4. The summed E-state index contributed by atoms with van der Waals surface area (Å²) in [4.78, 5) is 27.4. The molecule has 9 heteroatoms. The summed E-state index contributed by atoms with van der Waals surface area (Å²) in [5.74, 6) is 0.127.